The highest BCUT2D eigenvalue weighted by Crippen LogP contribution is 2.26. The lowest BCUT2D eigenvalue weighted by atomic mass is 10.2. The third kappa shape index (κ3) is 2.42. The molecule has 3 rings (SSSR count). The predicted molar refractivity (Wildman–Crippen MR) is 76.3 cm³/mol. The number of hydrogen-bond acceptors (Lipinski definition) is 3. The summed E-state index contributed by atoms with van der Waals surface area (Å²) < 4.78 is 13.9. The number of aromatic amines is 1. The van der Waals surface area contributed by atoms with E-state index >= 15 is 0 Å². The number of aryl methyl sites for hydroxylation is 1. The number of nitrogens with one attached hydrogen (secondary N) is 2. The van der Waals surface area contributed by atoms with Gasteiger partial charge in [-0.25, -0.2) is 4.39 Å². The zero-order valence-corrected chi connectivity index (χ0v) is 11.6. The van der Waals surface area contributed by atoms with Crippen molar-refractivity contribution in [3.05, 3.63) is 52.4 Å². The van der Waals surface area contributed by atoms with E-state index < -0.39 is 0 Å². The Morgan fingerprint density at radius 3 is 3.05 bits per heavy atom. The van der Waals surface area contributed by atoms with E-state index in [1.165, 1.54) is 23.5 Å². The Morgan fingerprint density at radius 2 is 2.30 bits per heavy atom. The smallest absolute Gasteiger partial charge is 0.261 e. The second-order valence-electron chi connectivity index (χ2n) is 4.50. The van der Waals surface area contributed by atoms with Gasteiger partial charge >= 0.3 is 0 Å². The second-order valence-corrected chi connectivity index (χ2v) is 5.58. The molecule has 0 bridgehead atoms. The Balaban J connectivity index is 1.77. The van der Waals surface area contributed by atoms with Crippen molar-refractivity contribution in [2.24, 2.45) is 0 Å². The van der Waals surface area contributed by atoms with Gasteiger partial charge in [-0.3, -0.25) is 9.89 Å². The molecule has 6 heteroatoms. The van der Waals surface area contributed by atoms with Gasteiger partial charge in [0.2, 0.25) is 0 Å². The van der Waals surface area contributed by atoms with E-state index in [9.17, 15) is 9.18 Å². The molecule has 2 heterocycles. The maximum Gasteiger partial charge on any atom is 0.261 e. The van der Waals surface area contributed by atoms with Gasteiger partial charge < -0.3 is 5.32 Å². The topological polar surface area (TPSA) is 57.8 Å². The molecule has 20 heavy (non-hydrogen) atoms. The standard InChI is InChI=1S/C14H12FN3OS/c1-8-10(7-17-18-8)6-16-14(19)13-4-9-2-3-11(15)5-12(9)20-13/h2-5,7H,6H2,1H3,(H,16,19)(H,17,18). The number of halogens is 1. The molecule has 4 nitrogen and oxygen atoms in total. The normalized spacial score (nSPS) is 10.9. The second kappa shape index (κ2) is 5.05. The Morgan fingerprint density at radius 1 is 1.45 bits per heavy atom. The van der Waals surface area contributed by atoms with Gasteiger partial charge in [-0.1, -0.05) is 6.07 Å². The van der Waals surface area contributed by atoms with Crippen molar-refractivity contribution in [3.8, 4) is 0 Å². The monoisotopic (exact) mass is 289 g/mol. The highest BCUT2D eigenvalue weighted by atomic mass is 32.1. The maximum atomic E-state index is 13.1. The van der Waals surface area contributed by atoms with Gasteiger partial charge in [0.25, 0.3) is 5.91 Å². The van der Waals surface area contributed by atoms with Crippen molar-refractivity contribution in [1.29, 1.82) is 0 Å². The minimum atomic E-state index is -0.291. The quantitative estimate of drug-likeness (QED) is 0.778. The molecule has 2 aromatic heterocycles. The number of H-pyrrole nitrogens is 1. The molecule has 0 saturated carbocycles. The number of rotatable bonds is 3. The van der Waals surface area contributed by atoms with Gasteiger partial charge in [0, 0.05) is 22.5 Å². The fourth-order valence-electron chi connectivity index (χ4n) is 1.93. The molecule has 2 N–H and O–H groups in total. The van der Waals surface area contributed by atoms with Crippen molar-refractivity contribution in [2.45, 2.75) is 13.5 Å². The summed E-state index contributed by atoms with van der Waals surface area (Å²) >= 11 is 1.29. The average Bonchev–Trinajstić information content (AvgIpc) is 3.01. The minimum Gasteiger partial charge on any atom is -0.347 e. The lowest BCUT2D eigenvalue weighted by Gasteiger charge is -2.01. The molecule has 102 valence electrons. The number of thiophene rings is 1. The Bertz CT molecular complexity index is 778. The summed E-state index contributed by atoms with van der Waals surface area (Å²) in [5, 5.41) is 10.4. The van der Waals surface area contributed by atoms with E-state index in [-0.39, 0.29) is 11.7 Å². The summed E-state index contributed by atoms with van der Waals surface area (Å²) in [4.78, 5) is 12.7. The summed E-state index contributed by atoms with van der Waals surface area (Å²) in [7, 11) is 0. The molecule has 0 fully saturated rings. The predicted octanol–water partition coefficient (Wildman–Crippen LogP) is 3.00. The van der Waals surface area contributed by atoms with E-state index in [1.807, 2.05) is 6.92 Å². The molecule has 0 aliphatic rings. The van der Waals surface area contributed by atoms with Crippen LogP contribution in [0.2, 0.25) is 0 Å². The van der Waals surface area contributed by atoms with Crippen LogP contribution in [0.5, 0.6) is 0 Å². The molecule has 1 aromatic carbocycles. The number of carbonyl (C=O) groups is 1. The Labute approximate surface area is 118 Å². The van der Waals surface area contributed by atoms with Crippen LogP contribution >= 0.6 is 11.3 Å². The van der Waals surface area contributed by atoms with Crippen LogP contribution in [-0.2, 0) is 6.54 Å². The fourth-order valence-corrected chi connectivity index (χ4v) is 2.94. The van der Waals surface area contributed by atoms with Crippen molar-refractivity contribution in [3.63, 3.8) is 0 Å². The van der Waals surface area contributed by atoms with Gasteiger partial charge in [0.1, 0.15) is 5.82 Å². The van der Waals surface area contributed by atoms with Gasteiger partial charge in [-0.2, -0.15) is 5.10 Å². The van der Waals surface area contributed by atoms with Crippen molar-refractivity contribution < 1.29 is 9.18 Å². The lowest BCUT2D eigenvalue weighted by molar-refractivity contribution is 0.0955. The largest absolute Gasteiger partial charge is 0.347 e. The average molecular weight is 289 g/mol. The molecule has 0 aliphatic carbocycles. The van der Waals surface area contributed by atoms with Crippen LogP contribution < -0.4 is 5.32 Å². The third-order valence-electron chi connectivity index (χ3n) is 3.08. The molecule has 3 aromatic rings. The first-order valence-corrected chi connectivity index (χ1v) is 6.91. The zero-order valence-electron chi connectivity index (χ0n) is 10.7. The first kappa shape index (κ1) is 12.8. The van der Waals surface area contributed by atoms with Gasteiger partial charge in [-0.05, 0) is 30.5 Å². The van der Waals surface area contributed by atoms with Crippen LogP contribution in [0.15, 0.2) is 30.5 Å². The maximum absolute atomic E-state index is 13.1. The highest BCUT2D eigenvalue weighted by molar-refractivity contribution is 7.20. The van der Waals surface area contributed by atoms with Crippen LogP contribution in [-0.4, -0.2) is 16.1 Å². The molecular formula is C14H12FN3OS. The molecule has 0 aliphatic heterocycles. The Hall–Kier alpha value is -2.21. The summed E-state index contributed by atoms with van der Waals surface area (Å²) in [5.41, 5.74) is 1.88. The van der Waals surface area contributed by atoms with Crippen molar-refractivity contribution in [1.82, 2.24) is 15.5 Å². The van der Waals surface area contributed by atoms with E-state index in [0.29, 0.717) is 11.4 Å². The van der Waals surface area contributed by atoms with Crippen molar-refractivity contribution in [2.75, 3.05) is 0 Å². The lowest BCUT2D eigenvalue weighted by Crippen LogP contribution is -2.21. The number of carbonyl (C=O) groups excluding carboxylic acids is 1. The van der Waals surface area contributed by atoms with Gasteiger partial charge in [0.05, 0.1) is 11.1 Å². The van der Waals surface area contributed by atoms with E-state index in [1.54, 1.807) is 18.3 Å². The molecule has 0 spiro atoms. The van der Waals surface area contributed by atoms with Crippen LogP contribution in [0.1, 0.15) is 20.9 Å². The van der Waals surface area contributed by atoms with Crippen molar-refractivity contribution >= 4 is 27.3 Å². The molecule has 0 atom stereocenters. The zero-order chi connectivity index (χ0) is 14.1. The van der Waals surface area contributed by atoms with Crippen LogP contribution in [0.3, 0.4) is 0 Å². The molecule has 0 saturated heterocycles. The summed E-state index contributed by atoms with van der Waals surface area (Å²) in [6.45, 7) is 2.32. The molecule has 0 unspecified atom stereocenters. The van der Waals surface area contributed by atoms with Gasteiger partial charge in [0.15, 0.2) is 0 Å². The van der Waals surface area contributed by atoms with Gasteiger partial charge in [-0.15, -0.1) is 11.3 Å². The number of amides is 1. The van der Waals surface area contributed by atoms with E-state index in [2.05, 4.69) is 15.5 Å². The number of hydrogen-bond donors (Lipinski definition) is 2. The van der Waals surface area contributed by atoms with E-state index in [0.717, 1.165) is 21.3 Å². The number of benzene rings is 1. The fraction of sp³-hybridized carbons (Fsp3) is 0.143. The third-order valence-corrected chi connectivity index (χ3v) is 4.18. The number of fused-ring (bicyclic) bond motifs is 1. The highest BCUT2D eigenvalue weighted by Gasteiger charge is 2.11. The van der Waals surface area contributed by atoms with Crippen LogP contribution in [0.25, 0.3) is 10.1 Å². The van der Waals surface area contributed by atoms with Crippen LogP contribution in [0.4, 0.5) is 4.39 Å². The summed E-state index contributed by atoms with van der Waals surface area (Å²) in [6.07, 6.45) is 1.69. The Kier molecular flexibility index (Phi) is 3.23. The number of aromatic nitrogens is 2. The molecule has 0 radical (unpaired) electrons. The minimum absolute atomic E-state index is 0.160. The first-order chi connectivity index (χ1) is 9.63. The SMILES string of the molecule is Cc1[nH]ncc1CNC(=O)c1cc2ccc(F)cc2s1. The van der Waals surface area contributed by atoms with Crippen LogP contribution in [0, 0.1) is 12.7 Å². The molecular weight excluding hydrogens is 277 g/mol. The molecule has 1 amide bonds. The number of nitrogens with zero attached hydrogens (tertiary/aromatic N) is 1. The summed E-state index contributed by atoms with van der Waals surface area (Å²) in [6, 6.07) is 6.29. The van der Waals surface area contributed by atoms with E-state index in [4.69, 9.17) is 0 Å². The summed E-state index contributed by atoms with van der Waals surface area (Å²) in [5.74, 6) is -0.451. The first-order valence-electron chi connectivity index (χ1n) is 6.09.